The lowest BCUT2D eigenvalue weighted by molar-refractivity contribution is 0.0697. The lowest BCUT2D eigenvalue weighted by Crippen LogP contribution is -2.25. The average molecular weight is 308 g/mol. The third-order valence-corrected chi connectivity index (χ3v) is 3.81. The number of halogens is 2. The van der Waals surface area contributed by atoms with Crippen molar-refractivity contribution in [3.05, 3.63) is 64.4 Å². The molecule has 2 aromatic carbocycles. The van der Waals surface area contributed by atoms with Crippen LogP contribution in [0.3, 0.4) is 0 Å². The number of carboxylic acid groups (broad SMARTS) is 1. The maximum atomic E-state index is 13.9. The van der Waals surface area contributed by atoms with Crippen molar-refractivity contribution in [3.63, 3.8) is 0 Å². The number of hydrogen-bond acceptors (Lipinski definition) is 2. The smallest absolute Gasteiger partial charge is 0.337 e. The maximum Gasteiger partial charge on any atom is 0.337 e. The van der Waals surface area contributed by atoms with Gasteiger partial charge < -0.3 is 10.0 Å². The molecule has 0 radical (unpaired) electrons. The van der Waals surface area contributed by atoms with Crippen LogP contribution in [-0.2, 0) is 0 Å². The SMILES string of the molecule is CC(c1ccccc1F)N(C)c1c(Cl)cccc1C(=O)O. The predicted molar refractivity (Wildman–Crippen MR) is 81.6 cm³/mol. The first kappa shape index (κ1) is 15.3. The molecule has 3 nitrogen and oxygen atoms in total. The average Bonchev–Trinajstić information content (AvgIpc) is 2.46. The molecule has 0 aliphatic heterocycles. The Morgan fingerprint density at radius 2 is 1.90 bits per heavy atom. The second-order valence-corrected chi connectivity index (χ2v) is 5.16. The molecule has 0 amide bonds. The summed E-state index contributed by atoms with van der Waals surface area (Å²) in [4.78, 5) is 13.0. The molecule has 1 atom stereocenters. The Morgan fingerprint density at radius 3 is 2.52 bits per heavy atom. The van der Waals surface area contributed by atoms with E-state index in [0.29, 0.717) is 16.3 Å². The Kier molecular flexibility index (Phi) is 4.48. The van der Waals surface area contributed by atoms with Crippen LogP contribution >= 0.6 is 11.6 Å². The lowest BCUT2D eigenvalue weighted by atomic mass is 10.0. The van der Waals surface area contributed by atoms with E-state index < -0.39 is 5.97 Å². The zero-order chi connectivity index (χ0) is 15.6. The number of nitrogens with zero attached hydrogens (tertiary/aromatic N) is 1. The van der Waals surface area contributed by atoms with Crippen molar-refractivity contribution in [2.45, 2.75) is 13.0 Å². The monoisotopic (exact) mass is 307 g/mol. The van der Waals surface area contributed by atoms with Gasteiger partial charge in [0.1, 0.15) is 5.82 Å². The van der Waals surface area contributed by atoms with E-state index in [1.807, 2.05) is 0 Å². The highest BCUT2D eigenvalue weighted by Gasteiger charge is 2.22. The number of rotatable bonds is 4. The van der Waals surface area contributed by atoms with E-state index in [9.17, 15) is 14.3 Å². The van der Waals surface area contributed by atoms with Crippen LogP contribution < -0.4 is 4.90 Å². The number of para-hydroxylation sites is 1. The molecule has 1 unspecified atom stereocenters. The van der Waals surface area contributed by atoms with Gasteiger partial charge in [0.2, 0.25) is 0 Å². The van der Waals surface area contributed by atoms with Crippen LogP contribution in [0.4, 0.5) is 10.1 Å². The first-order chi connectivity index (χ1) is 9.93. The van der Waals surface area contributed by atoms with Crippen LogP contribution in [0.2, 0.25) is 5.02 Å². The van der Waals surface area contributed by atoms with Gasteiger partial charge in [0.25, 0.3) is 0 Å². The molecule has 0 fully saturated rings. The second-order valence-electron chi connectivity index (χ2n) is 4.75. The summed E-state index contributed by atoms with van der Waals surface area (Å²) in [5.41, 5.74) is 0.951. The minimum atomic E-state index is -1.07. The van der Waals surface area contributed by atoms with Gasteiger partial charge in [0.15, 0.2) is 0 Å². The summed E-state index contributed by atoms with van der Waals surface area (Å²) >= 11 is 6.14. The fourth-order valence-electron chi connectivity index (χ4n) is 2.26. The van der Waals surface area contributed by atoms with Gasteiger partial charge in [-0.3, -0.25) is 0 Å². The van der Waals surface area contributed by atoms with Crippen LogP contribution in [0.15, 0.2) is 42.5 Å². The minimum absolute atomic E-state index is 0.0909. The van der Waals surface area contributed by atoms with Crippen LogP contribution in [0.25, 0.3) is 0 Å². The molecular weight excluding hydrogens is 293 g/mol. The normalized spacial score (nSPS) is 12.0. The number of hydrogen-bond donors (Lipinski definition) is 1. The van der Waals surface area contributed by atoms with Crippen molar-refractivity contribution in [2.24, 2.45) is 0 Å². The molecule has 0 aliphatic carbocycles. The topological polar surface area (TPSA) is 40.5 Å². The fourth-order valence-corrected chi connectivity index (χ4v) is 2.57. The number of aromatic carboxylic acids is 1. The summed E-state index contributed by atoms with van der Waals surface area (Å²) in [5.74, 6) is -1.40. The molecule has 0 aromatic heterocycles. The quantitative estimate of drug-likeness (QED) is 0.911. The molecule has 0 spiro atoms. The van der Waals surface area contributed by atoms with Crippen molar-refractivity contribution in [1.82, 2.24) is 0 Å². The number of carbonyl (C=O) groups is 1. The van der Waals surface area contributed by atoms with Gasteiger partial charge in [-0.15, -0.1) is 0 Å². The molecule has 0 saturated heterocycles. The van der Waals surface area contributed by atoms with Gasteiger partial charge in [-0.2, -0.15) is 0 Å². The second kappa shape index (κ2) is 6.14. The summed E-state index contributed by atoms with van der Waals surface area (Å²) in [5, 5.41) is 9.61. The molecular formula is C16H15ClFNO2. The van der Waals surface area contributed by atoms with Crippen molar-refractivity contribution in [3.8, 4) is 0 Å². The third kappa shape index (κ3) is 3.00. The van der Waals surface area contributed by atoms with E-state index in [4.69, 9.17) is 11.6 Å². The minimum Gasteiger partial charge on any atom is -0.478 e. The fraction of sp³-hybridized carbons (Fsp3) is 0.188. The molecule has 1 N–H and O–H groups in total. The standard InChI is InChI=1S/C16H15ClFNO2/c1-10(11-6-3-4-9-14(11)18)19(2)15-12(16(20)21)7-5-8-13(15)17/h3-10H,1-2H3,(H,20,21). The van der Waals surface area contributed by atoms with E-state index in [1.165, 1.54) is 12.1 Å². The van der Waals surface area contributed by atoms with Crippen LogP contribution in [-0.4, -0.2) is 18.1 Å². The molecule has 0 aliphatic rings. The zero-order valence-corrected chi connectivity index (χ0v) is 12.4. The predicted octanol–water partition coefficient (Wildman–Crippen LogP) is 4.37. The zero-order valence-electron chi connectivity index (χ0n) is 11.7. The van der Waals surface area contributed by atoms with E-state index >= 15 is 0 Å². The molecule has 0 heterocycles. The molecule has 5 heteroatoms. The summed E-state index contributed by atoms with van der Waals surface area (Å²) in [6.45, 7) is 1.80. The number of carboxylic acids is 1. The van der Waals surface area contributed by atoms with Crippen molar-refractivity contribution >= 4 is 23.3 Å². The Labute approximate surface area is 127 Å². The maximum absolute atomic E-state index is 13.9. The van der Waals surface area contributed by atoms with Crippen LogP contribution in [0, 0.1) is 5.82 Å². The van der Waals surface area contributed by atoms with E-state index in [2.05, 4.69) is 0 Å². The van der Waals surface area contributed by atoms with Gasteiger partial charge in [-0.25, -0.2) is 9.18 Å². The summed E-state index contributed by atoms with van der Waals surface area (Å²) in [6.07, 6.45) is 0. The Morgan fingerprint density at radius 1 is 1.24 bits per heavy atom. The Balaban J connectivity index is 2.48. The summed E-state index contributed by atoms with van der Waals surface area (Å²) in [7, 11) is 1.70. The molecule has 21 heavy (non-hydrogen) atoms. The van der Waals surface area contributed by atoms with Gasteiger partial charge in [-0.05, 0) is 25.1 Å². The Hall–Kier alpha value is -2.07. The molecule has 2 aromatic rings. The number of anilines is 1. The van der Waals surface area contributed by atoms with Crippen molar-refractivity contribution < 1.29 is 14.3 Å². The van der Waals surface area contributed by atoms with Crippen LogP contribution in [0.1, 0.15) is 28.9 Å². The van der Waals surface area contributed by atoms with Gasteiger partial charge >= 0.3 is 5.97 Å². The van der Waals surface area contributed by atoms with Gasteiger partial charge in [-0.1, -0.05) is 35.9 Å². The van der Waals surface area contributed by atoms with E-state index in [-0.39, 0.29) is 17.4 Å². The first-order valence-electron chi connectivity index (χ1n) is 6.42. The molecule has 0 bridgehead atoms. The Bertz CT molecular complexity index is 675. The largest absolute Gasteiger partial charge is 0.478 e. The van der Waals surface area contributed by atoms with Gasteiger partial charge in [0.05, 0.1) is 22.3 Å². The van der Waals surface area contributed by atoms with Gasteiger partial charge in [0, 0.05) is 12.6 Å². The van der Waals surface area contributed by atoms with Crippen LogP contribution in [0.5, 0.6) is 0 Å². The summed E-state index contributed by atoms with van der Waals surface area (Å²) in [6, 6.07) is 10.7. The molecule has 110 valence electrons. The molecule has 0 saturated carbocycles. The highest BCUT2D eigenvalue weighted by atomic mass is 35.5. The lowest BCUT2D eigenvalue weighted by Gasteiger charge is -2.29. The van der Waals surface area contributed by atoms with E-state index in [1.54, 1.807) is 49.2 Å². The summed E-state index contributed by atoms with van der Waals surface area (Å²) < 4.78 is 13.9. The highest BCUT2D eigenvalue weighted by molar-refractivity contribution is 6.34. The highest BCUT2D eigenvalue weighted by Crippen LogP contribution is 2.35. The van der Waals surface area contributed by atoms with Crippen molar-refractivity contribution in [2.75, 3.05) is 11.9 Å². The van der Waals surface area contributed by atoms with Crippen molar-refractivity contribution in [1.29, 1.82) is 0 Å². The first-order valence-corrected chi connectivity index (χ1v) is 6.80. The van der Waals surface area contributed by atoms with E-state index in [0.717, 1.165) is 0 Å². The third-order valence-electron chi connectivity index (χ3n) is 3.51. The molecule has 2 rings (SSSR count). The number of benzene rings is 2.